The van der Waals surface area contributed by atoms with Crippen molar-refractivity contribution in [3.05, 3.63) is 135 Å². The molecule has 0 saturated carbocycles. The molecule has 13 nitrogen and oxygen atoms in total. The number of rotatable bonds is 10. The van der Waals surface area contributed by atoms with Crippen LogP contribution in [0.15, 0.2) is 96.6 Å². The van der Waals surface area contributed by atoms with Gasteiger partial charge in [-0.2, -0.15) is 10.2 Å². The van der Waals surface area contributed by atoms with E-state index < -0.39 is 40.3 Å². The topological polar surface area (TPSA) is 163 Å². The molecular weight excluding hydrogens is 566 g/mol. The highest BCUT2D eigenvalue weighted by Gasteiger charge is 2.35. The first-order valence-corrected chi connectivity index (χ1v) is 12.6. The molecule has 0 fully saturated rings. The van der Waals surface area contributed by atoms with E-state index in [1.807, 2.05) is 0 Å². The number of aliphatic hydroxyl groups is 1. The Morgan fingerprint density at radius 3 is 2.51 bits per heavy atom. The van der Waals surface area contributed by atoms with Crippen LogP contribution in [0.25, 0.3) is 11.8 Å². The van der Waals surface area contributed by atoms with Crippen LogP contribution >= 0.6 is 0 Å². The van der Waals surface area contributed by atoms with Gasteiger partial charge in [0.05, 0.1) is 29.3 Å². The van der Waals surface area contributed by atoms with E-state index >= 15 is 0 Å². The highest BCUT2D eigenvalue weighted by Crippen LogP contribution is 2.28. The van der Waals surface area contributed by atoms with Gasteiger partial charge in [-0.15, -0.1) is 0 Å². The molecular formula is C28H22F2N8O5. The van der Waals surface area contributed by atoms with E-state index in [4.69, 9.17) is 0 Å². The second-order valence-corrected chi connectivity index (χ2v) is 9.38. The van der Waals surface area contributed by atoms with E-state index in [1.54, 1.807) is 6.07 Å². The fraction of sp³-hybridized carbons (Fsp3) is 0.107. The van der Waals surface area contributed by atoms with Crippen LogP contribution in [0.3, 0.4) is 0 Å². The number of aromatic nitrogens is 6. The van der Waals surface area contributed by atoms with Crippen molar-refractivity contribution in [3.8, 4) is 5.69 Å². The van der Waals surface area contributed by atoms with Crippen LogP contribution in [0.5, 0.6) is 0 Å². The molecule has 1 amide bonds. The minimum Gasteiger partial charge on any atom is -0.381 e. The minimum absolute atomic E-state index is 0.137. The zero-order valence-corrected chi connectivity index (χ0v) is 22.1. The Labute approximate surface area is 241 Å². The van der Waals surface area contributed by atoms with Gasteiger partial charge in [-0.25, -0.2) is 32.5 Å². The number of benzene rings is 3. The van der Waals surface area contributed by atoms with Crippen molar-refractivity contribution in [1.82, 2.24) is 29.1 Å². The molecule has 218 valence electrons. The number of carbonyl (C=O) groups excluding carboxylic acids is 1. The predicted octanol–water partition coefficient (Wildman–Crippen LogP) is 3.05. The van der Waals surface area contributed by atoms with Crippen molar-refractivity contribution >= 4 is 23.4 Å². The molecule has 2 heterocycles. The molecule has 15 heteroatoms. The SMILES string of the molecule is O=C(/C=C/c1ccccc1[N+](=O)[O-])Nc1ccc(-n2cnn(C[C@@](O)(Cn3cncn3)c3ccc(F)cc3F)c2=O)cc1. The highest BCUT2D eigenvalue weighted by molar-refractivity contribution is 6.02. The predicted molar refractivity (Wildman–Crippen MR) is 149 cm³/mol. The average Bonchev–Trinajstić information content (AvgIpc) is 3.61. The molecule has 43 heavy (non-hydrogen) atoms. The summed E-state index contributed by atoms with van der Waals surface area (Å²) in [5, 5.41) is 33.3. The molecule has 0 aliphatic carbocycles. The van der Waals surface area contributed by atoms with E-state index in [-0.39, 0.29) is 23.4 Å². The Morgan fingerprint density at radius 2 is 1.81 bits per heavy atom. The van der Waals surface area contributed by atoms with Crippen molar-refractivity contribution in [1.29, 1.82) is 0 Å². The van der Waals surface area contributed by atoms with Crippen LogP contribution in [0, 0.1) is 21.7 Å². The summed E-state index contributed by atoms with van der Waals surface area (Å²) >= 11 is 0. The van der Waals surface area contributed by atoms with Crippen LogP contribution in [0.1, 0.15) is 11.1 Å². The fourth-order valence-electron chi connectivity index (χ4n) is 4.39. The molecule has 5 aromatic rings. The summed E-state index contributed by atoms with van der Waals surface area (Å²) in [4.78, 5) is 40.0. The van der Waals surface area contributed by atoms with Gasteiger partial charge in [0, 0.05) is 29.5 Å². The summed E-state index contributed by atoms with van der Waals surface area (Å²) < 4.78 is 31.7. The summed E-state index contributed by atoms with van der Waals surface area (Å²) in [5.74, 6) is -2.37. The lowest BCUT2D eigenvalue weighted by Crippen LogP contribution is -2.41. The Hall–Kier alpha value is -5.83. The number of para-hydroxylation sites is 1. The molecule has 2 N–H and O–H groups in total. The van der Waals surface area contributed by atoms with Crippen molar-refractivity contribution in [2.24, 2.45) is 0 Å². The molecule has 0 bridgehead atoms. The first-order valence-electron chi connectivity index (χ1n) is 12.6. The second-order valence-electron chi connectivity index (χ2n) is 9.38. The third-order valence-electron chi connectivity index (χ3n) is 6.43. The molecule has 0 unspecified atom stereocenters. The second kappa shape index (κ2) is 12.0. The van der Waals surface area contributed by atoms with Crippen LogP contribution in [-0.2, 0) is 23.5 Å². The lowest BCUT2D eigenvalue weighted by Gasteiger charge is -2.28. The Balaban J connectivity index is 1.33. The first kappa shape index (κ1) is 28.7. The first-order chi connectivity index (χ1) is 20.6. The number of halogens is 2. The largest absolute Gasteiger partial charge is 0.381 e. The molecule has 3 aromatic carbocycles. The van der Waals surface area contributed by atoms with Crippen LogP contribution in [-0.4, -0.2) is 45.0 Å². The normalized spacial score (nSPS) is 12.7. The van der Waals surface area contributed by atoms with E-state index in [0.29, 0.717) is 17.4 Å². The highest BCUT2D eigenvalue weighted by atomic mass is 19.1. The molecule has 1 atom stereocenters. The average molecular weight is 589 g/mol. The summed E-state index contributed by atoms with van der Waals surface area (Å²) in [6.07, 6.45) is 6.23. The maximum atomic E-state index is 14.7. The van der Waals surface area contributed by atoms with Crippen LogP contribution in [0.4, 0.5) is 20.2 Å². The smallest absolute Gasteiger partial charge is 0.350 e. The minimum atomic E-state index is -2.06. The van der Waals surface area contributed by atoms with Gasteiger partial charge in [0.2, 0.25) is 5.91 Å². The third-order valence-corrected chi connectivity index (χ3v) is 6.43. The summed E-state index contributed by atoms with van der Waals surface area (Å²) in [5.41, 5.74) is -2.10. The molecule has 5 rings (SSSR count). The molecule has 0 aliphatic rings. The van der Waals surface area contributed by atoms with Crippen LogP contribution < -0.4 is 11.0 Å². The van der Waals surface area contributed by atoms with Gasteiger partial charge in [0.15, 0.2) is 0 Å². The Bertz CT molecular complexity index is 1870. The van der Waals surface area contributed by atoms with E-state index in [9.17, 15) is 33.6 Å². The van der Waals surface area contributed by atoms with Gasteiger partial charge in [-0.1, -0.05) is 18.2 Å². The Morgan fingerprint density at radius 1 is 1.05 bits per heavy atom. The van der Waals surface area contributed by atoms with Crippen molar-refractivity contribution in [3.63, 3.8) is 0 Å². The van der Waals surface area contributed by atoms with Crippen LogP contribution in [0.2, 0.25) is 0 Å². The number of hydrogen-bond donors (Lipinski definition) is 2. The summed E-state index contributed by atoms with van der Waals surface area (Å²) in [7, 11) is 0. The van der Waals surface area contributed by atoms with Gasteiger partial charge < -0.3 is 10.4 Å². The number of amides is 1. The number of nitro groups is 1. The summed E-state index contributed by atoms with van der Waals surface area (Å²) in [6.45, 7) is -0.809. The molecule has 0 spiro atoms. The zero-order valence-electron chi connectivity index (χ0n) is 22.1. The van der Waals surface area contributed by atoms with Crippen molar-refractivity contribution < 1.29 is 23.6 Å². The molecule has 2 aromatic heterocycles. The van der Waals surface area contributed by atoms with Gasteiger partial charge in [-0.05, 0) is 42.5 Å². The van der Waals surface area contributed by atoms with E-state index in [2.05, 4.69) is 20.5 Å². The third kappa shape index (κ3) is 6.41. The zero-order chi connectivity index (χ0) is 30.6. The van der Waals surface area contributed by atoms with Crippen molar-refractivity contribution in [2.75, 3.05) is 5.32 Å². The van der Waals surface area contributed by atoms with Crippen molar-refractivity contribution in [2.45, 2.75) is 18.7 Å². The number of nitrogens with one attached hydrogen (secondary N) is 1. The monoisotopic (exact) mass is 588 g/mol. The summed E-state index contributed by atoms with van der Waals surface area (Å²) in [6, 6.07) is 14.8. The lowest BCUT2D eigenvalue weighted by atomic mass is 9.93. The van der Waals surface area contributed by atoms with Gasteiger partial charge in [-0.3, -0.25) is 14.9 Å². The number of hydrogen-bond acceptors (Lipinski definition) is 8. The Kier molecular flexibility index (Phi) is 7.98. The maximum absolute atomic E-state index is 14.7. The standard InChI is InChI=1S/C28H22F2N8O5/c29-20-6-11-23(24(30)13-20)28(41,14-35-17-31-16-32-35)15-37-27(40)36(18-33-37)22-9-7-21(8-10-22)34-26(39)12-5-19-3-1-2-4-25(19)38(42)43/h1-13,16-18,41H,14-15H2,(H,34,39)/b12-5+/t28-/m0/s1. The number of carbonyl (C=O) groups is 1. The maximum Gasteiger partial charge on any atom is 0.350 e. The molecule has 0 aliphatic heterocycles. The van der Waals surface area contributed by atoms with Gasteiger partial charge in [0.25, 0.3) is 5.69 Å². The molecule has 0 radical (unpaired) electrons. The lowest BCUT2D eigenvalue weighted by molar-refractivity contribution is -0.385. The van der Waals surface area contributed by atoms with E-state index in [0.717, 1.165) is 22.9 Å². The fourth-order valence-corrected chi connectivity index (χ4v) is 4.39. The van der Waals surface area contributed by atoms with Gasteiger partial charge in [0.1, 0.15) is 36.2 Å². The quantitative estimate of drug-likeness (QED) is 0.143. The number of nitrogens with zero attached hydrogens (tertiary/aromatic N) is 7. The number of anilines is 1. The van der Waals surface area contributed by atoms with Gasteiger partial charge >= 0.3 is 5.69 Å². The molecule has 0 saturated heterocycles. The van der Waals surface area contributed by atoms with E-state index in [1.165, 1.54) is 76.8 Å². The number of nitro benzene ring substituents is 1.